The first kappa shape index (κ1) is 14.5. The first-order valence-electron chi connectivity index (χ1n) is 6.61. The molecule has 106 valence electrons. The van der Waals surface area contributed by atoms with E-state index in [-0.39, 0.29) is 0 Å². The van der Waals surface area contributed by atoms with E-state index in [9.17, 15) is 0 Å². The summed E-state index contributed by atoms with van der Waals surface area (Å²) in [5.74, 6) is 0. The molecular weight excluding hydrogens is 252 g/mol. The van der Waals surface area contributed by atoms with E-state index in [1.807, 2.05) is 0 Å². The Bertz CT molecular complexity index is 442. The summed E-state index contributed by atoms with van der Waals surface area (Å²) in [5, 5.41) is 0. The standard InChI is InChI=1S/C14H20N6/c1-19(11-13-9-15-3-5-17-13)7-8-20(2)12-14-10-16-4-6-18-14/h3-6,9-10H,7-8,11-12H2,1-2H3. The molecule has 0 atom stereocenters. The van der Waals surface area contributed by atoms with Crippen molar-refractivity contribution in [3.05, 3.63) is 48.6 Å². The second-order valence-electron chi connectivity index (χ2n) is 4.87. The minimum atomic E-state index is 0.812. The topological polar surface area (TPSA) is 58.0 Å². The zero-order valence-corrected chi connectivity index (χ0v) is 12.0. The summed E-state index contributed by atoms with van der Waals surface area (Å²) in [6.07, 6.45) is 10.4. The molecule has 0 radical (unpaired) electrons. The highest BCUT2D eigenvalue weighted by Gasteiger charge is 2.05. The van der Waals surface area contributed by atoms with Crippen LogP contribution in [0.15, 0.2) is 37.2 Å². The minimum absolute atomic E-state index is 0.812. The van der Waals surface area contributed by atoms with Crippen LogP contribution in [0.5, 0.6) is 0 Å². The van der Waals surface area contributed by atoms with Gasteiger partial charge in [-0.2, -0.15) is 0 Å². The van der Waals surface area contributed by atoms with Crippen LogP contribution in [0.3, 0.4) is 0 Å². The monoisotopic (exact) mass is 272 g/mol. The lowest BCUT2D eigenvalue weighted by atomic mass is 10.3. The minimum Gasteiger partial charge on any atom is -0.299 e. The summed E-state index contributed by atoms with van der Waals surface area (Å²) in [6, 6.07) is 0. The highest BCUT2D eigenvalue weighted by atomic mass is 15.2. The van der Waals surface area contributed by atoms with Crippen molar-refractivity contribution in [2.45, 2.75) is 13.1 Å². The number of aromatic nitrogens is 4. The predicted octanol–water partition coefficient (Wildman–Crippen LogP) is 0.830. The van der Waals surface area contributed by atoms with Crippen LogP contribution in [0.4, 0.5) is 0 Å². The van der Waals surface area contributed by atoms with Gasteiger partial charge in [0.05, 0.1) is 11.4 Å². The van der Waals surface area contributed by atoms with Crippen molar-refractivity contribution in [2.24, 2.45) is 0 Å². The van der Waals surface area contributed by atoms with E-state index in [1.165, 1.54) is 0 Å². The summed E-state index contributed by atoms with van der Waals surface area (Å²) >= 11 is 0. The molecule has 2 rings (SSSR count). The molecule has 6 heteroatoms. The number of nitrogens with zero attached hydrogens (tertiary/aromatic N) is 6. The number of likely N-dealkylation sites (N-methyl/N-ethyl adjacent to an activating group) is 2. The second-order valence-corrected chi connectivity index (χ2v) is 4.87. The fourth-order valence-electron chi connectivity index (χ4n) is 1.88. The van der Waals surface area contributed by atoms with E-state index >= 15 is 0 Å². The molecule has 0 saturated heterocycles. The molecule has 20 heavy (non-hydrogen) atoms. The van der Waals surface area contributed by atoms with Gasteiger partial charge in [-0.15, -0.1) is 0 Å². The molecular formula is C14H20N6. The molecule has 0 N–H and O–H groups in total. The van der Waals surface area contributed by atoms with E-state index in [1.54, 1.807) is 37.2 Å². The van der Waals surface area contributed by atoms with Crippen molar-refractivity contribution in [3.63, 3.8) is 0 Å². The fraction of sp³-hybridized carbons (Fsp3) is 0.429. The maximum Gasteiger partial charge on any atom is 0.0726 e. The van der Waals surface area contributed by atoms with Crippen LogP contribution in [0, 0.1) is 0 Å². The van der Waals surface area contributed by atoms with E-state index < -0.39 is 0 Å². The number of hydrogen-bond acceptors (Lipinski definition) is 6. The molecule has 2 aromatic rings. The third-order valence-corrected chi connectivity index (χ3v) is 2.96. The summed E-state index contributed by atoms with van der Waals surface area (Å²) in [6.45, 7) is 3.56. The van der Waals surface area contributed by atoms with Crippen LogP contribution in [0.1, 0.15) is 11.4 Å². The highest BCUT2D eigenvalue weighted by molar-refractivity contribution is 4.95. The van der Waals surface area contributed by atoms with Gasteiger partial charge in [0.2, 0.25) is 0 Å². The van der Waals surface area contributed by atoms with Crippen molar-refractivity contribution in [1.82, 2.24) is 29.7 Å². The molecule has 0 aliphatic rings. The van der Waals surface area contributed by atoms with Crippen molar-refractivity contribution < 1.29 is 0 Å². The average Bonchev–Trinajstić information content (AvgIpc) is 2.47. The van der Waals surface area contributed by atoms with E-state index in [4.69, 9.17) is 0 Å². The Kier molecular flexibility index (Phi) is 5.52. The van der Waals surface area contributed by atoms with Gasteiger partial charge in [-0.25, -0.2) is 0 Å². The molecule has 6 nitrogen and oxygen atoms in total. The molecule has 0 aromatic carbocycles. The Labute approximate surface area is 119 Å². The van der Waals surface area contributed by atoms with Gasteiger partial charge in [0, 0.05) is 63.4 Å². The van der Waals surface area contributed by atoms with Gasteiger partial charge in [0.25, 0.3) is 0 Å². The van der Waals surface area contributed by atoms with E-state index in [0.717, 1.165) is 37.6 Å². The van der Waals surface area contributed by atoms with Gasteiger partial charge in [-0.1, -0.05) is 0 Å². The maximum absolute atomic E-state index is 4.28. The van der Waals surface area contributed by atoms with Crippen molar-refractivity contribution >= 4 is 0 Å². The van der Waals surface area contributed by atoms with Gasteiger partial charge in [-0.3, -0.25) is 29.7 Å². The highest BCUT2D eigenvalue weighted by Crippen LogP contribution is 1.99. The summed E-state index contributed by atoms with van der Waals surface area (Å²) < 4.78 is 0. The lowest BCUT2D eigenvalue weighted by Crippen LogP contribution is -2.30. The van der Waals surface area contributed by atoms with E-state index in [2.05, 4.69) is 43.8 Å². The summed E-state index contributed by atoms with van der Waals surface area (Å²) in [7, 11) is 4.18. The average molecular weight is 272 g/mol. The van der Waals surface area contributed by atoms with Crippen molar-refractivity contribution in [2.75, 3.05) is 27.2 Å². The number of hydrogen-bond donors (Lipinski definition) is 0. The number of rotatable bonds is 7. The van der Waals surface area contributed by atoms with Gasteiger partial charge in [0.15, 0.2) is 0 Å². The Morgan fingerprint density at radius 2 is 1.20 bits per heavy atom. The summed E-state index contributed by atoms with van der Waals surface area (Å²) in [4.78, 5) is 21.2. The first-order chi connectivity index (χ1) is 9.74. The largest absolute Gasteiger partial charge is 0.299 e. The van der Waals surface area contributed by atoms with Crippen LogP contribution in [0.25, 0.3) is 0 Å². The molecule has 2 aromatic heterocycles. The molecule has 0 spiro atoms. The Morgan fingerprint density at radius 3 is 1.55 bits per heavy atom. The molecule has 0 bridgehead atoms. The zero-order valence-electron chi connectivity index (χ0n) is 12.0. The third-order valence-electron chi connectivity index (χ3n) is 2.96. The Morgan fingerprint density at radius 1 is 0.750 bits per heavy atom. The second kappa shape index (κ2) is 7.62. The third kappa shape index (κ3) is 4.99. The first-order valence-corrected chi connectivity index (χ1v) is 6.61. The molecule has 0 fully saturated rings. The molecule has 0 saturated carbocycles. The predicted molar refractivity (Wildman–Crippen MR) is 76.7 cm³/mol. The van der Waals surface area contributed by atoms with Crippen LogP contribution >= 0.6 is 0 Å². The van der Waals surface area contributed by atoms with Gasteiger partial charge >= 0.3 is 0 Å². The van der Waals surface area contributed by atoms with Crippen LogP contribution < -0.4 is 0 Å². The fourth-order valence-corrected chi connectivity index (χ4v) is 1.88. The Balaban J connectivity index is 1.71. The van der Waals surface area contributed by atoms with E-state index in [0.29, 0.717) is 0 Å². The zero-order chi connectivity index (χ0) is 14.2. The van der Waals surface area contributed by atoms with Gasteiger partial charge in [-0.05, 0) is 14.1 Å². The van der Waals surface area contributed by atoms with Crippen molar-refractivity contribution in [3.8, 4) is 0 Å². The van der Waals surface area contributed by atoms with Crippen LogP contribution in [-0.2, 0) is 13.1 Å². The maximum atomic E-state index is 4.28. The smallest absolute Gasteiger partial charge is 0.0726 e. The molecule has 0 amide bonds. The normalized spacial score (nSPS) is 11.2. The quantitative estimate of drug-likeness (QED) is 0.744. The van der Waals surface area contributed by atoms with Crippen LogP contribution in [0.2, 0.25) is 0 Å². The van der Waals surface area contributed by atoms with Crippen LogP contribution in [-0.4, -0.2) is 56.9 Å². The molecule has 0 unspecified atom stereocenters. The van der Waals surface area contributed by atoms with Gasteiger partial charge < -0.3 is 0 Å². The van der Waals surface area contributed by atoms with Gasteiger partial charge in [0.1, 0.15) is 0 Å². The lowest BCUT2D eigenvalue weighted by molar-refractivity contribution is 0.243. The molecule has 2 heterocycles. The van der Waals surface area contributed by atoms with Crippen molar-refractivity contribution in [1.29, 1.82) is 0 Å². The Hall–Kier alpha value is -1.92. The lowest BCUT2D eigenvalue weighted by Gasteiger charge is -2.21. The summed E-state index contributed by atoms with van der Waals surface area (Å²) in [5.41, 5.74) is 1.98. The SMILES string of the molecule is CN(CCN(C)Cc1cnccn1)Cc1cnccn1. The molecule has 0 aliphatic heterocycles. The molecule has 0 aliphatic carbocycles.